The number of ether oxygens (including phenoxy) is 1. The minimum atomic E-state index is -0.462. The van der Waals surface area contributed by atoms with Gasteiger partial charge in [-0.05, 0) is 24.1 Å². The molecule has 1 fully saturated rings. The lowest BCUT2D eigenvalue weighted by Gasteiger charge is -2.11. The molecule has 0 aliphatic carbocycles. The van der Waals surface area contributed by atoms with E-state index in [0.717, 1.165) is 25.2 Å². The number of hydrogen-bond donors (Lipinski definition) is 2. The molecule has 1 aliphatic rings. The second-order valence-corrected chi connectivity index (χ2v) is 4.52. The standard InChI is InChI=1S/C12H15ClN2O2/c13-11-5-8(12(14)16)1-2-9(11)6-15-10-3-4-17-7-10/h1-2,5,10,15H,3-4,6-7H2,(H2,14,16). The van der Waals surface area contributed by atoms with Gasteiger partial charge in [-0.25, -0.2) is 0 Å². The van der Waals surface area contributed by atoms with Crippen LogP contribution in [0.5, 0.6) is 0 Å². The molecule has 1 amide bonds. The Morgan fingerprint density at radius 1 is 1.59 bits per heavy atom. The van der Waals surface area contributed by atoms with Crippen molar-refractivity contribution in [1.82, 2.24) is 5.32 Å². The maximum atomic E-state index is 11.0. The highest BCUT2D eigenvalue weighted by Crippen LogP contribution is 2.18. The summed E-state index contributed by atoms with van der Waals surface area (Å²) in [5, 5.41) is 3.92. The van der Waals surface area contributed by atoms with Gasteiger partial charge < -0.3 is 15.8 Å². The molecule has 1 heterocycles. The van der Waals surface area contributed by atoms with Crippen molar-refractivity contribution in [3.05, 3.63) is 34.3 Å². The Morgan fingerprint density at radius 2 is 2.41 bits per heavy atom. The largest absolute Gasteiger partial charge is 0.380 e. The SMILES string of the molecule is NC(=O)c1ccc(CNC2CCOC2)c(Cl)c1. The lowest BCUT2D eigenvalue weighted by Crippen LogP contribution is -2.28. The number of benzene rings is 1. The van der Waals surface area contributed by atoms with E-state index in [1.165, 1.54) is 0 Å². The Morgan fingerprint density at radius 3 is 3.00 bits per heavy atom. The lowest BCUT2D eigenvalue weighted by molar-refractivity contribution is 0.100. The molecule has 0 bridgehead atoms. The summed E-state index contributed by atoms with van der Waals surface area (Å²) in [7, 11) is 0. The minimum absolute atomic E-state index is 0.391. The van der Waals surface area contributed by atoms with Crippen LogP contribution in [0.2, 0.25) is 5.02 Å². The van der Waals surface area contributed by atoms with Gasteiger partial charge in [-0.3, -0.25) is 4.79 Å². The number of amides is 1. The van der Waals surface area contributed by atoms with Crippen LogP contribution in [0.1, 0.15) is 22.3 Å². The van der Waals surface area contributed by atoms with E-state index in [-0.39, 0.29) is 0 Å². The molecule has 0 saturated carbocycles. The fourth-order valence-corrected chi connectivity index (χ4v) is 2.04. The summed E-state index contributed by atoms with van der Waals surface area (Å²) < 4.78 is 5.27. The zero-order valence-electron chi connectivity index (χ0n) is 9.41. The first-order chi connectivity index (χ1) is 8.16. The fraction of sp³-hybridized carbons (Fsp3) is 0.417. The third-order valence-electron chi connectivity index (χ3n) is 2.85. The number of carbonyl (C=O) groups excluding carboxylic acids is 1. The van der Waals surface area contributed by atoms with Crippen LogP contribution < -0.4 is 11.1 Å². The zero-order valence-corrected chi connectivity index (χ0v) is 10.2. The van der Waals surface area contributed by atoms with Crippen molar-refractivity contribution in [1.29, 1.82) is 0 Å². The van der Waals surface area contributed by atoms with E-state index >= 15 is 0 Å². The Hall–Kier alpha value is -1.10. The molecule has 4 nitrogen and oxygen atoms in total. The van der Waals surface area contributed by atoms with Crippen molar-refractivity contribution < 1.29 is 9.53 Å². The highest BCUT2D eigenvalue weighted by molar-refractivity contribution is 6.31. The van der Waals surface area contributed by atoms with Crippen molar-refractivity contribution in [2.45, 2.75) is 19.0 Å². The van der Waals surface area contributed by atoms with Crippen LogP contribution in [0.4, 0.5) is 0 Å². The van der Waals surface area contributed by atoms with Gasteiger partial charge in [-0.2, -0.15) is 0 Å². The first-order valence-electron chi connectivity index (χ1n) is 5.56. The number of primary amides is 1. The Balaban J connectivity index is 1.98. The van der Waals surface area contributed by atoms with Crippen LogP contribution in [-0.2, 0) is 11.3 Å². The van der Waals surface area contributed by atoms with Crippen LogP contribution >= 0.6 is 11.6 Å². The second-order valence-electron chi connectivity index (χ2n) is 4.11. The Kier molecular flexibility index (Phi) is 3.99. The van der Waals surface area contributed by atoms with Crippen molar-refractivity contribution in [3.63, 3.8) is 0 Å². The molecule has 1 aromatic carbocycles. The zero-order chi connectivity index (χ0) is 12.3. The van der Waals surface area contributed by atoms with E-state index in [1.807, 2.05) is 6.07 Å². The second kappa shape index (κ2) is 5.49. The van der Waals surface area contributed by atoms with Crippen LogP contribution in [0.15, 0.2) is 18.2 Å². The van der Waals surface area contributed by atoms with Crippen molar-refractivity contribution >= 4 is 17.5 Å². The quantitative estimate of drug-likeness (QED) is 0.852. The summed E-state index contributed by atoms with van der Waals surface area (Å²) in [4.78, 5) is 11.0. The van der Waals surface area contributed by atoms with E-state index in [1.54, 1.807) is 12.1 Å². The van der Waals surface area contributed by atoms with Gasteiger partial charge in [0.25, 0.3) is 0 Å². The molecule has 17 heavy (non-hydrogen) atoms. The summed E-state index contributed by atoms with van der Waals surface area (Å²) in [6, 6.07) is 5.51. The number of nitrogens with two attached hydrogens (primary N) is 1. The van der Waals surface area contributed by atoms with E-state index in [4.69, 9.17) is 22.1 Å². The van der Waals surface area contributed by atoms with Crippen LogP contribution in [0.25, 0.3) is 0 Å². The van der Waals surface area contributed by atoms with Gasteiger partial charge >= 0.3 is 0 Å². The van der Waals surface area contributed by atoms with Gasteiger partial charge in [0.15, 0.2) is 0 Å². The van der Waals surface area contributed by atoms with Crippen molar-refractivity contribution in [3.8, 4) is 0 Å². The number of nitrogens with one attached hydrogen (secondary N) is 1. The maximum Gasteiger partial charge on any atom is 0.248 e. The van der Waals surface area contributed by atoms with Gasteiger partial charge in [-0.1, -0.05) is 17.7 Å². The molecule has 0 radical (unpaired) electrons. The third-order valence-corrected chi connectivity index (χ3v) is 3.20. The summed E-state index contributed by atoms with van der Waals surface area (Å²) in [5.41, 5.74) is 6.57. The smallest absolute Gasteiger partial charge is 0.248 e. The number of hydrogen-bond acceptors (Lipinski definition) is 3. The molecule has 1 unspecified atom stereocenters. The van der Waals surface area contributed by atoms with Crippen molar-refractivity contribution in [2.24, 2.45) is 5.73 Å². The molecule has 1 atom stereocenters. The number of halogens is 1. The van der Waals surface area contributed by atoms with E-state index in [0.29, 0.717) is 23.2 Å². The third kappa shape index (κ3) is 3.19. The Bertz CT molecular complexity index is 417. The van der Waals surface area contributed by atoms with Crippen LogP contribution in [0, 0.1) is 0 Å². The molecule has 5 heteroatoms. The highest BCUT2D eigenvalue weighted by atomic mass is 35.5. The van der Waals surface area contributed by atoms with E-state index in [2.05, 4.69) is 5.32 Å². The van der Waals surface area contributed by atoms with Gasteiger partial charge in [0.05, 0.1) is 6.61 Å². The van der Waals surface area contributed by atoms with Crippen LogP contribution in [0.3, 0.4) is 0 Å². The number of carbonyl (C=O) groups is 1. The van der Waals surface area contributed by atoms with E-state index in [9.17, 15) is 4.79 Å². The molecule has 0 spiro atoms. The van der Waals surface area contributed by atoms with Crippen LogP contribution in [-0.4, -0.2) is 25.2 Å². The average molecular weight is 255 g/mol. The predicted octanol–water partition coefficient (Wildman–Crippen LogP) is 1.32. The molecule has 92 valence electrons. The fourth-order valence-electron chi connectivity index (χ4n) is 1.79. The molecule has 2 rings (SSSR count). The molecular weight excluding hydrogens is 240 g/mol. The minimum Gasteiger partial charge on any atom is -0.380 e. The highest BCUT2D eigenvalue weighted by Gasteiger charge is 2.15. The van der Waals surface area contributed by atoms with Gasteiger partial charge in [-0.15, -0.1) is 0 Å². The molecular formula is C12H15ClN2O2. The lowest BCUT2D eigenvalue weighted by atomic mass is 10.1. The van der Waals surface area contributed by atoms with Gasteiger partial charge in [0.1, 0.15) is 0 Å². The van der Waals surface area contributed by atoms with Gasteiger partial charge in [0.2, 0.25) is 5.91 Å². The monoisotopic (exact) mass is 254 g/mol. The average Bonchev–Trinajstić information content (AvgIpc) is 2.80. The summed E-state index contributed by atoms with van der Waals surface area (Å²) >= 11 is 6.08. The summed E-state index contributed by atoms with van der Waals surface area (Å²) in [5.74, 6) is -0.462. The van der Waals surface area contributed by atoms with Crippen molar-refractivity contribution in [2.75, 3.05) is 13.2 Å². The molecule has 0 aromatic heterocycles. The first-order valence-corrected chi connectivity index (χ1v) is 5.94. The molecule has 3 N–H and O–H groups in total. The Labute approximate surface area is 105 Å². The first kappa shape index (κ1) is 12.4. The summed E-state index contributed by atoms with van der Waals surface area (Å²) in [6.45, 7) is 2.23. The molecule has 1 saturated heterocycles. The predicted molar refractivity (Wildman–Crippen MR) is 66.0 cm³/mol. The van der Waals surface area contributed by atoms with Gasteiger partial charge in [0, 0.05) is 29.8 Å². The molecule has 1 aliphatic heterocycles. The normalized spacial score (nSPS) is 19.5. The maximum absolute atomic E-state index is 11.0. The topological polar surface area (TPSA) is 64.4 Å². The van der Waals surface area contributed by atoms with E-state index < -0.39 is 5.91 Å². The summed E-state index contributed by atoms with van der Waals surface area (Å²) in [6.07, 6.45) is 1.02. The number of rotatable bonds is 4. The molecule has 1 aromatic rings.